The van der Waals surface area contributed by atoms with Gasteiger partial charge in [0, 0.05) is 49.7 Å². The highest BCUT2D eigenvalue weighted by Crippen LogP contribution is 2.39. The molecule has 3 N–H and O–H groups in total. The third kappa shape index (κ3) is 13.4. The van der Waals surface area contributed by atoms with Crippen molar-refractivity contribution in [2.45, 2.75) is 128 Å². The average Bonchev–Trinajstić information content (AvgIpc) is 4.23. The Morgan fingerprint density at radius 3 is 1.39 bits per heavy atom. The molecule has 8 aromatic rings. The van der Waals surface area contributed by atoms with E-state index >= 15 is 0 Å². The Morgan fingerprint density at radius 1 is 0.598 bits per heavy atom. The third-order valence-electron chi connectivity index (χ3n) is 14.4. The number of carboxylic acids is 1. The second-order valence-electron chi connectivity index (χ2n) is 22.0. The van der Waals surface area contributed by atoms with Gasteiger partial charge in [-0.2, -0.15) is 0 Å². The number of oxime groups is 2. The second-order valence-corrected chi connectivity index (χ2v) is 22.0. The van der Waals surface area contributed by atoms with Gasteiger partial charge in [0.25, 0.3) is 11.1 Å². The number of benzene rings is 6. The molecule has 0 fully saturated rings. The van der Waals surface area contributed by atoms with Gasteiger partial charge < -0.3 is 29.7 Å². The van der Waals surface area contributed by atoms with Crippen LogP contribution in [0.25, 0.3) is 33.2 Å². The van der Waals surface area contributed by atoms with Crippen molar-refractivity contribution in [2.75, 3.05) is 0 Å². The van der Waals surface area contributed by atoms with E-state index < -0.39 is 46.6 Å². The Balaban J connectivity index is 0.000000198. The summed E-state index contributed by atoms with van der Waals surface area (Å²) in [5.41, 5.74) is 3.07. The molecule has 10 rings (SSSR count). The zero-order valence-corrected chi connectivity index (χ0v) is 46.2. The molecule has 2 aromatic heterocycles. The first kappa shape index (κ1) is 57.9. The first-order chi connectivity index (χ1) is 39.2. The van der Waals surface area contributed by atoms with E-state index in [1.54, 1.807) is 55.5 Å². The summed E-state index contributed by atoms with van der Waals surface area (Å²) in [6.45, 7) is 9.10. The van der Waals surface area contributed by atoms with E-state index in [2.05, 4.69) is 10.3 Å². The summed E-state index contributed by atoms with van der Waals surface area (Å²) in [6.07, 6.45) is 2.09. The first-order valence-corrected chi connectivity index (χ1v) is 27.2. The standard InChI is InChI=1S/C34H36FN3O5.C30H28FN3O5/c1-33(2,3)42-30(39)13-9-8-12-29-36-27-20-23(14-19-26(27)32(41)38(29)25-17-15-24(35)16-18-25)28-21-34(4,43-37-28)31(40)22-10-6-5-7-11-22;1-30(28(37)19-7-3-2-4-8-19)18-25(33-39-30)20-11-16-23-24(17-20)32-26(9-5-6-10-27(35)36)34(29(23)38)22-14-12-21(31)13-15-22/h5-7,10-11,14-20,31,40H,8-9,12-13,21H2,1-4H3;2-4,7-8,11-17,28,37H,5-6,9-10,18H2,1H3,(H,35,36)/t31-,34-;28-,30-/m00/s1. The van der Waals surface area contributed by atoms with E-state index in [1.807, 2.05) is 88.4 Å². The number of fused-ring (bicyclic) bond motifs is 2. The number of carbonyl (C=O) groups is 2. The Morgan fingerprint density at radius 2 is 1.00 bits per heavy atom. The van der Waals surface area contributed by atoms with E-state index in [0.717, 1.165) is 22.3 Å². The number of nitrogens with zero attached hydrogens (tertiary/aromatic N) is 6. The van der Waals surface area contributed by atoms with Gasteiger partial charge in [0.1, 0.15) is 41.1 Å². The Bertz CT molecular complexity index is 3810. The van der Waals surface area contributed by atoms with E-state index in [9.17, 15) is 38.2 Å². The molecule has 2 aliphatic heterocycles. The van der Waals surface area contributed by atoms with Crippen LogP contribution in [0.3, 0.4) is 0 Å². The second kappa shape index (κ2) is 24.5. The molecule has 0 aliphatic carbocycles. The van der Waals surface area contributed by atoms with Crippen LogP contribution in [-0.4, -0.2) is 74.6 Å². The number of aromatic nitrogens is 4. The van der Waals surface area contributed by atoms with Crippen LogP contribution in [0, 0.1) is 11.6 Å². The molecule has 0 saturated carbocycles. The van der Waals surface area contributed by atoms with Gasteiger partial charge in [-0.05, 0) is 144 Å². The summed E-state index contributed by atoms with van der Waals surface area (Å²) in [5, 5.41) is 40.3. The van der Waals surface area contributed by atoms with Crippen molar-refractivity contribution in [2.24, 2.45) is 10.3 Å². The van der Waals surface area contributed by atoms with Crippen molar-refractivity contribution in [3.05, 3.63) is 212 Å². The molecule has 0 amide bonds. The van der Waals surface area contributed by atoms with Crippen molar-refractivity contribution < 1.29 is 48.1 Å². The van der Waals surface area contributed by atoms with E-state index in [1.165, 1.54) is 45.5 Å². The molecule has 82 heavy (non-hydrogen) atoms. The molecule has 0 radical (unpaired) electrons. The summed E-state index contributed by atoms with van der Waals surface area (Å²) in [4.78, 5) is 71.7. The molecular weight excluding hydrogens is 1050 g/mol. The lowest BCUT2D eigenvalue weighted by molar-refractivity contribution is -0.155. The van der Waals surface area contributed by atoms with Crippen LogP contribution in [0.1, 0.15) is 132 Å². The lowest BCUT2D eigenvalue weighted by atomic mass is 9.87. The molecule has 4 heterocycles. The number of aliphatic carboxylic acids is 1. The minimum Gasteiger partial charge on any atom is -0.481 e. The Kier molecular flexibility index (Phi) is 17.3. The maximum absolute atomic E-state index is 13.8. The van der Waals surface area contributed by atoms with Gasteiger partial charge in [-0.3, -0.25) is 28.3 Å². The third-order valence-corrected chi connectivity index (χ3v) is 14.4. The van der Waals surface area contributed by atoms with Crippen molar-refractivity contribution in [3.8, 4) is 11.4 Å². The van der Waals surface area contributed by atoms with Crippen LogP contribution >= 0.6 is 0 Å². The summed E-state index contributed by atoms with van der Waals surface area (Å²) in [7, 11) is 0. The summed E-state index contributed by atoms with van der Waals surface area (Å²) in [6, 6.07) is 40.4. The highest BCUT2D eigenvalue weighted by atomic mass is 19.1. The topological polar surface area (TPSA) is 217 Å². The average molecular weight is 1120 g/mol. The number of hydrogen-bond acceptors (Lipinski definition) is 13. The number of halogens is 2. The normalized spacial score (nSPS) is 17.5. The Hall–Kier alpha value is -8.74. The molecule has 0 saturated heterocycles. The van der Waals surface area contributed by atoms with Crippen LogP contribution in [0.4, 0.5) is 8.78 Å². The number of esters is 1. The van der Waals surface area contributed by atoms with E-state index in [4.69, 9.17) is 29.5 Å². The quantitative estimate of drug-likeness (QED) is 0.0540. The maximum Gasteiger partial charge on any atom is 0.306 e. The molecular formula is C64H64F2N6O10. The van der Waals surface area contributed by atoms with Crippen LogP contribution < -0.4 is 11.1 Å². The zero-order chi connectivity index (χ0) is 58.3. The molecule has 0 spiro atoms. The fraction of sp³-hybridized carbons (Fsp3) is 0.312. The molecule has 6 aromatic carbocycles. The lowest BCUT2D eigenvalue weighted by Gasteiger charge is -2.27. The van der Waals surface area contributed by atoms with Crippen LogP contribution in [-0.2, 0) is 36.8 Å². The highest BCUT2D eigenvalue weighted by Gasteiger charge is 2.44. The number of aryl methyl sites for hydroxylation is 2. The van der Waals surface area contributed by atoms with Crippen molar-refractivity contribution in [3.63, 3.8) is 0 Å². The van der Waals surface area contributed by atoms with Crippen molar-refractivity contribution in [1.29, 1.82) is 0 Å². The van der Waals surface area contributed by atoms with Gasteiger partial charge in [-0.25, -0.2) is 18.7 Å². The highest BCUT2D eigenvalue weighted by molar-refractivity contribution is 6.04. The van der Waals surface area contributed by atoms with Gasteiger partial charge in [0.05, 0.1) is 44.6 Å². The summed E-state index contributed by atoms with van der Waals surface area (Å²) < 4.78 is 35.6. The molecule has 16 nitrogen and oxygen atoms in total. The summed E-state index contributed by atoms with van der Waals surface area (Å²) in [5.74, 6) is -1.03. The number of aliphatic hydroxyl groups excluding tert-OH is 2. The number of carboxylic acid groups (broad SMARTS) is 1. The molecule has 4 atom stereocenters. The minimum absolute atomic E-state index is 0.0198. The number of ether oxygens (including phenoxy) is 1. The number of aliphatic hydroxyl groups is 2. The van der Waals surface area contributed by atoms with Gasteiger partial charge in [0.15, 0.2) is 11.2 Å². The predicted molar refractivity (Wildman–Crippen MR) is 307 cm³/mol. The monoisotopic (exact) mass is 1110 g/mol. The lowest BCUT2D eigenvalue weighted by Crippen LogP contribution is -2.33. The number of unbranched alkanes of at least 4 members (excludes halogenated alkanes) is 2. The van der Waals surface area contributed by atoms with Gasteiger partial charge >= 0.3 is 11.9 Å². The fourth-order valence-corrected chi connectivity index (χ4v) is 10.1. The maximum atomic E-state index is 13.8. The number of carbonyl (C=O) groups excluding carboxylic acids is 1. The van der Waals surface area contributed by atoms with Gasteiger partial charge in [-0.1, -0.05) is 83.1 Å². The van der Waals surface area contributed by atoms with Gasteiger partial charge in [0.2, 0.25) is 0 Å². The minimum atomic E-state index is -0.958. The molecule has 18 heteroatoms. The van der Waals surface area contributed by atoms with E-state index in [0.29, 0.717) is 108 Å². The number of hydrogen-bond donors (Lipinski definition) is 3. The van der Waals surface area contributed by atoms with Gasteiger partial charge in [-0.15, -0.1) is 0 Å². The zero-order valence-electron chi connectivity index (χ0n) is 46.2. The summed E-state index contributed by atoms with van der Waals surface area (Å²) >= 11 is 0. The number of rotatable bonds is 18. The molecule has 0 bridgehead atoms. The predicted octanol–water partition coefficient (Wildman–Crippen LogP) is 11.1. The SMILES string of the molecule is CC(C)(C)OC(=O)CCCCc1nc2cc(C3=NO[C@](C)([C@@H](O)c4ccccc4)C3)ccc2c(=O)n1-c1ccc(F)cc1.C[C@@]1([C@@H](O)c2ccccc2)CC(c2ccc3c(=O)n(-c4ccc(F)cc4)c(CCCCC(=O)O)nc3c2)=NO1. The van der Waals surface area contributed by atoms with Crippen LogP contribution in [0.15, 0.2) is 165 Å². The van der Waals surface area contributed by atoms with E-state index in [-0.39, 0.29) is 29.9 Å². The molecule has 2 aliphatic rings. The molecule has 424 valence electrons. The van der Waals surface area contributed by atoms with Crippen LogP contribution in [0.5, 0.6) is 0 Å². The fourth-order valence-electron chi connectivity index (χ4n) is 10.1. The van der Waals surface area contributed by atoms with Crippen LogP contribution in [0.2, 0.25) is 0 Å². The largest absolute Gasteiger partial charge is 0.481 e. The smallest absolute Gasteiger partial charge is 0.306 e. The molecule has 0 unspecified atom stereocenters. The first-order valence-electron chi connectivity index (χ1n) is 27.2. The Labute approximate surface area is 472 Å². The van der Waals surface area contributed by atoms with Crippen molar-refractivity contribution >= 4 is 45.2 Å². The van der Waals surface area contributed by atoms with Crippen molar-refractivity contribution in [1.82, 2.24) is 19.1 Å².